The molecule has 26 heavy (non-hydrogen) atoms. The van der Waals surface area contributed by atoms with Crippen LogP contribution in [0.5, 0.6) is 5.75 Å². The maximum atomic E-state index is 6.19. The van der Waals surface area contributed by atoms with Gasteiger partial charge in [0.1, 0.15) is 12.4 Å². The third-order valence-electron chi connectivity index (χ3n) is 4.19. The van der Waals surface area contributed by atoms with Crippen LogP contribution in [-0.2, 0) is 13.2 Å². The van der Waals surface area contributed by atoms with E-state index < -0.39 is 0 Å². The SMILES string of the molecule is Cc1ccc(C)c(NCc2cc(Cl)ccc2OCc2ccc(Cl)cc2)c1. The highest BCUT2D eigenvalue weighted by molar-refractivity contribution is 6.30. The molecule has 0 atom stereocenters. The third-order valence-corrected chi connectivity index (χ3v) is 4.68. The van der Waals surface area contributed by atoms with Gasteiger partial charge in [-0.3, -0.25) is 0 Å². The van der Waals surface area contributed by atoms with Crippen LogP contribution in [-0.4, -0.2) is 0 Å². The van der Waals surface area contributed by atoms with Gasteiger partial charge in [0.2, 0.25) is 0 Å². The highest BCUT2D eigenvalue weighted by Gasteiger charge is 2.07. The molecule has 0 unspecified atom stereocenters. The Morgan fingerprint density at radius 3 is 2.35 bits per heavy atom. The molecule has 1 N–H and O–H groups in total. The second-order valence-corrected chi connectivity index (χ2v) is 7.21. The number of hydrogen-bond donors (Lipinski definition) is 1. The molecule has 3 aromatic carbocycles. The van der Waals surface area contributed by atoms with Gasteiger partial charge in [0.15, 0.2) is 0 Å². The molecule has 0 radical (unpaired) electrons. The Morgan fingerprint density at radius 1 is 0.846 bits per heavy atom. The fraction of sp³-hybridized carbons (Fsp3) is 0.182. The lowest BCUT2D eigenvalue weighted by atomic mass is 10.1. The molecular formula is C22H21Cl2NO. The molecule has 2 nitrogen and oxygen atoms in total. The van der Waals surface area contributed by atoms with Crippen LogP contribution >= 0.6 is 23.2 Å². The van der Waals surface area contributed by atoms with Crippen molar-refractivity contribution < 1.29 is 4.74 Å². The van der Waals surface area contributed by atoms with Crippen molar-refractivity contribution in [3.63, 3.8) is 0 Å². The highest BCUT2D eigenvalue weighted by Crippen LogP contribution is 2.26. The fourth-order valence-electron chi connectivity index (χ4n) is 2.69. The molecule has 0 aliphatic carbocycles. The van der Waals surface area contributed by atoms with E-state index in [2.05, 4.69) is 37.4 Å². The van der Waals surface area contributed by atoms with Gasteiger partial charge in [0.25, 0.3) is 0 Å². The van der Waals surface area contributed by atoms with Crippen LogP contribution in [0.1, 0.15) is 22.3 Å². The molecule has 0 aliphatic heterocycles. The topological polar surface area (TPSA) is 21.3 Å². The van der Waals surface area contributed by atoms with E-state index in [-0.39, 0.29) is 0 Å². The van der Waals surface area contributed by atoms with Crippen LogP contribution in [0.25, 0.3) is 0 Å². The molecule has 0 spiro atoms. The zero-order valence-corrected chi connectivity index (χ0v) is 16.4. The summed E-state index contributed by atoms with van der Waals surface area (Å²) in [6.45, 7) is 5.30. The maximum Gasteiger partial charge on any atom is 0.124 e. The summed E-state index contributed by atoms with van der Waals surface area (Å²) in [5.74, 6) is 0.821. The molecule has 0 aromatic heterocycles. The van der Waals surface area contributed by atoms with E-state index in [1.54, 1.807) is 0 Å². The smallest absolute Gasteiger partial charge is 0.124 e. The molecule has 134 valence electrons. The largest absolute Gasteiger partial charge is 0.489 e. The van der Waals surface area contributed by atoms with E-state index in [1.807, 2.05) is 42.5 Å². The van der Waals surface area contributed by atoms with Gasteiger partial charge >= 0.3 is 0 Å². The summed E-state index contributed by atoms with van der Waals surface area (Å²) >= 11 is 12.1. The van der Waals surface area contributed by atoms with Crippen molar-refractivity contribution in [2.24, 2.45) is 0 Å². The number of benzene rings is 3. The molecule has 3 aromatic rings. The highest BCUT2D eigenvalue weighted by atomic mass is 35.5. The monoisotopic (exact) mass is 385 g/mol. The summed E-state index contributed by atoms with van der Waals surface area (Å²) in [7, 11) is 0. The lowest BCUT2D eigenvalue weighted by Gasteiger charge is -2.15. The summed E-state index contributed by atoms with van der Waals surface area (Å²) in [6, 6.07) is 19.7. The van der Waals surface area contributed by atoms with Crippen molar-refractivity contribution in [2.75, 3.05) is 5.32 Å². The predicted octanol–water partition coefficient (Wildman–Crippen LogP) is 6.80. The molecule has 0 saturated heterocycles. The summed E-state index contributed by atoms with van der Waals surface area (Å²) in [4.78, 5) is 0. The van der Waals surface area contributed by atoms with Crippen LogP contribution in [0.15, 0.2) is 60.7 Å². The lowest BCUT2D eigenvalue weighted by Crippen LogP contribution is -2.05. The van der Waals surface area contributed by atoms with E-state index in [0.717, 1.165) is 27.6 Å². The van der Waals surface area contributed by atoms with Crippen molar-refractivity contribution in [1.29, 1.82) is 0 Å². The molecule has 0 fully saturated rings. The first-order chi connectivity index (χ1) is 12.5. The van der Waals surface area contributed by atoms with Gasteiger partial charge in [-0.15, -0.1) is 0 Å². The molecule has 0 amide bonds. The van der Waals surface area contributed by atoms with Crippen molar-refractivity contribution in [1.82, 2.24) is 0 Å². The average molecular weight is 386 g/mol. The Balaban J connectivity index is 1.73. The van der Waals surface area contributed by atoms with E-state index >= 15 is 0 Å². The van der Waals surface area contributed by atoms with Gasteiger partial charge in [-0.25, -0.2) is 0 Å². The standard InChI is InChI=1S/C22H21Cl2NO/c1-15-3-4-16(2)21(11-15)25-13-18-12-20(24)9-10-22(18)26-14-17-5-7-19(23)8-6-17/h3-12,25H,13-14H2,1-2H3. The molecule has 0 aliphatic rings. The second kappa shape index (κ2) is 8.48. The average Bonchev–Trinajstić information content (AvgIpc) is 2.63. The van der Waals surface area contributed by atoms with E-state index in [4.69, 9.17) is 27.9 Å². The Morgan fingerprint density at radius 2 is 1.58 bits per heavy atom. The minimum absolute atomic E-state index is 0.481. The number of nitrogens with one attached hydrogen (secondary N) is 1. The number of rotatable bonds is 6. The van der Waals surface area contributed by atoms with Crippen molar-refractivity contribution >= 4 is 28.9 Å². The Bertz CT molecular complexity index is 891. The van der Waals surface area contributed by atoms with Gasteiger partial charge < -0.3 is 10.1 Å². The predicted molar refractivity (Wildman–Crippen MR) is 110 cm³/mol. The van der Waals surface area contributed by atoms with Crippen LogP contribution < -0.4 is 10.1 Å². The third kappa shape index (κ3) is 4.94. The molecule has 0 bridgehead atoms. The first-order valence-corrected chi connectivity index (χ1v) is 9.23. The van der Waals surface area contributed by atoms with Crippen LogP contribution in [0, 0.1) is 13.8 Å². The van der Waals surface area contributed by atoms with E-state index in [9.17, 15) is 0 Å². The Hall–Kier alpha value is -2.16. The van der Waals surface area contributed by atoms with Gasteiger partial charge in [-0.05, 0) is 66.9 Å². The van der Waals surface area contributed by atoms with Gasteiger partial charge in [0.05, 0.1) is 0 Å². The first kappa shape index (κ1) is 18.6. The number of halogens is 2. The van der Waals surface area contributed by atoms with Crippen LogP contribution in [0.3, 0.4) is 0 Å². The van der Waals surface area contributed by atoms with Gasteiger partial charge in [-0.1, -0.05) is 47.5 Å². The van der Waals surface area contributed by atoms with Crippen LogP contribution in [0.2, 0.25) is 10.0 Å². The molecule has 0 heterocycles. The molecule has 4 heteroatoms. The molecular weight excluding hydrogens is 365 g/mol. The zero-order valence-electron chi connectivity index (χ0n) is 14.9. The Kier molecular flexibility index (Phi) is 6.08. The van der Waals surface area contributed by atoms with Crippen molar-refractivity contribution in [3.05, 3.63) is 93.0 Å². The fourth-order valence-corrected chi connectivity index (χ4v) is 3.01. The normalized spacial score (nSPS) is 10.6. The van der Waals surface area contributed by atoms with E-state index in [1.165, 1.54) is 11.1 Å². The summed E-state index contributed by atoms with van der Waals surface area (Å²) in [5, 5.41) is 4.90. The van der Waals surface area contributed by atoms with Crippen molar-refractivity contribution in [3.8, 4) is 5.75 Å². The summed E-state index contributed by atoms with van der Waals surface area (Å²) in [5.41, 5.74) is 5.64. The molecule has 0 saturated carbocycles. The minimum Gasteiger partial charge on any atom is -0.489 e. The second-order valence-electron chi connectivity index (χ2n) is 6.34. The lowest BCUT2D eigenvalue weighted by molar-refractivity contribution is 0.303. The van der Waals surface area contributed by atoms with Crippen molar-refractivity contribution in [2.45, 2.75) is 27.0 Å². The molecule has 3 rings (SSSR count). The number of ether oxygens (including phenoxy) is 1. The number of aryl methyl sites for hydroxylation is 2. The summed E-state index contributed by atoms with van der Waals surface area (Å²) < 4.78 is 6.02. The Labute approximate surface area is 164 Å². The maximum absolute atomic E-state index is 6.19. The van der Waals surface area contributed by atoms with E-state index in [0.29, 0.717) is 18.2 Å². The van der Waals surface area contributed by atoms with Crippen LogP contribution in [0.4, 0.5) is 5.69 Å². The zero-order chi connectivity index (χ0) is 18.5. The minimum atomic E-state index is 0.481. The van der Waals surface area contributed by atoms with Gasteiger partial charge in [0, 0.05) is 27.8 Å². The first-order valence-electron chi connectivity index (χ1n) is 8.48. The number of anilines is 1. The van der Waals surface area contributed by atoms with Gasteiger partial charge in [-0.2, -0.15) is 0 Å². The summed E-state index contributed by atoms with van der Waals surface area (Å²) in [6.07, 6.45) is 0. The quantitative estimate of drug-likeness (QED) is 0.503. The number of hydrogen-bond acceptors (Lipinski definition) is 2.